The van der Waals surface area contributed by atoms with E-state index in [-0.39, 0.29) is 11.5 Å². The number of esters is 1. The number of carbonyl (C=O) groups excluding carboxylic acids is 1. The second kappa shape index (κ2) is 10.1. The number of hydrogen-bond acceptors (Lipinski definition) is 7. The van der Waals surface area contributed by atoms with Crippen molar-refractivity contribution in [1.29, 1.82) is 0 Å². The molecule has 3 heterocycles. The molecule has 0 amide bonds. The predicted octanol–water partition coefficient (Wildman–Crippen LogP) is 5.01. The molecule has 5 aromatic rings. The molecule has 2 aromatic heterocycles. The van der Waals surface area contributed by atoms with Gasteiger partial charge in [0.25, 0.3) is 10.0 Å². The molecule has 1 aliphatic rings. The van der Waals surface area contributed by atoms with Gasteiger partial charge in [0.1, 0.15) is 11.5 Å². The lowest BCUT2D eigenvalue weighted by molar-refractivity contribution is -0.144. The highest BCUT2D eigenvalue weighted by Gasteiger charge is 2.32. The molecular formula is C31H29N3O6S. The Hall–Kier alpha value is -4.57. The maximum atomic E-state index is 14.0. The fourth-order valence-electron chi connectivity index (χ4n) is 5.41. The lowest BCUT2D eigenvalue weighted by Crippen LogP contribution is -2.25. The molecule has 1 unspecified atom stereocenters. The average molecular weight is 572 g/mol. The van der Waals surface area contributed by atoms with Crippen molar-refractivity contribution in [3.05, 3.63) is 89.2 Å². The summed E-state index contributed by atoms with van der Waals surface area (Å²) in [5, 5.41) is 1.46. The first-order chi connectivity index (χ1) is 19.8. The van der Waals surface area contributed by atoms with Gasteiger partial charge < -0.3 is 19.2 Å². The second-order valence-electron chi connectivity index (χ2n) is 9.87. The standard InChI is InChI=1S/C31H29N3O6S/c1-5-40-31(35)25-14-19-16-32-24-11-13-27(39-4)29(28(19)24)30(33-25)23-17-34(26-12-8-20(38-3)15-22(23)26)41(36,37)21-9-6-18(2)7-10-21/h6-13,15-17,25,32H,5,14H2,1-4H3. The maximum Gasteiger partial charge on any atom is 0.331 e. The van der Waals surface area contributed by atoms with E-state index >= 15 is 0 Å². The number of aromatic amines is 1. The summed E-state index contributed by atoms with van der Waals surface area (Å²) in [6.07, 6.45) is 3.74. The highest BCUT2D eigenvalue weighted by molar-refractivity contribution is 7.90. The Morgan fingerprint density at radius 1 is 1.07 bits per heavy atom. The second-order valence-corrected chi connectivity index (χ2v) is 11.7. The summed E-state index contributed by atoms with van der Waals surface area (Å²) >= 11 is 0. The van der Waals surface area contributed by atoms with Crippen molar-refractivity contribution >= 4 is 43.5 Å². The number of aryl methyl sites for hydroxylation is 1. The molecule has 10 heteroatoms. The molecule has 0 bridgehead atoms. The van der Waals surface area contributed by atoms with Crippen molar-refractivity contribution in [2.45, 2.75) is 31.2 Å². The Labute approximate surface area is 237 Å². The van der Waals surface area contributed by atoms with Crippen molar-refractivity contribution < 1.29 is 27.4 Å². The van der Waals surface area contributed by atoms with Gasteiger partial charge in [-0.1, -0.05) is 17.7 Å². The maximum absolute atomic E-state index is 14.0. The van der Waals surface area contributed by atoms with Crippen LogP contribution in [0.3, 0.4) is 0 Å². The fraction of sp³-hybridized carbons (Fsp3) is 0.226. The van der Waals surface area contributed by atoms with Crippen LogP contribution in [0.25, 0.3) is 21.8 Å². The Morgan fingerprint density at radius 3 is 2.56 bits per heavy atom. The first-order valence-corrected chi connectivity index (χ1v) is 14.6. The Bertz CT molecular complexity index is 1950. The molecule has 0 radical (unpaired) electrons. The summed E-state index contributed by atoms with van der Waals surface area (Å²) in [4.78, 5) is 21.5. The molecule has 1 N–H and O–H groups in total. The van der Waals surface area contributed by atoms with Gasteiger partial charge in [-0.15, -0.1) is 0 Å². The normalized spacial score (nSPS) is 15.0. The van der Waals surface area contributed by atoms with Gasteiger partial charge in [0.15, 0.2) is 6.04 Å². The van der Waals surface area contributed by atoms with Crippen LogP contribution in [-0.2, 0) is 26.0 Å². The van der Waals surface area contributed by atoms with Crippen molar-refractivity contribution in [3.63, 3.8) is 0 Å². The van der Waals surface area contributed by atoms with Crippen LogP contribution in [0, 0.1) is 6.92 Å². The smallest absolute Gasteiger partial charge is 0.331 e. The molecule has 6 rings (SSSR count). The lowest BCUT2D eigenvalue weighted by Gasteiger charge is -2.14. The fourth-order valence-corrected chi connectivity index (χ4v) is 6.78. The molecule has 0 fully saturated rings. The van der Waals surface area contributed by atoms with Crippen molar-refractivity contribution in [2.24, 2.45) is 4.99 Å². The number of benzene rings is 3. The monoisotopic (exact) mass is 571 g/mol. The van der Waals surface area contributed by atoms with Gasteiger partial charge in [-0.25, -0.2) is 17.2 Å². The summed E-state index contributed by atoms with van der Waals surface area (Å²) < 4.78 is 46.0. The van der Waals surface area contributed by atoms with E-state index in [0.717, 1.165) is 22.0 Å². The molecule has 41 heavy (non-hydrogen) atoms. The Balaban J connectivity index is 1.69. The highest BCUT2D eigenvalue weighted by Crippen LogP contribution is 2.39. The summed E-state index contributed by atoms with van der Waals surface area (Å²) in [7, 11) is -0.868. The number of nitrogens with one attached hydrogen (secondary N) is 1. The number of H-pyrrole nitrogens is 1. The van der Waals surface area contributed by atoms with E-state index in [2.05, 4.69) is 4.98 Å². The molecule has 9 nitrogen and oxygen atoms in total. The number of aromatic nitrogens is 2. The summed E-state index contributed by atoms with van der Waals surface area (Å²) in [6, 6.07) is 14.8. The van der Waals surface area contributed by atoms with Crippen LogP contribution in [0.4, 0.5) is 0 Å². The third-order valence-corrected chi connectivity index (χ3v) is 9.10. The number of ether oxygens (including phenoxy) is 3. The zero-order valence-corrected chi connectivity index (χ0v) is 23.9. The van der Waals surface area contributed by atoms with Crippen LogP contribution < -0.4 is 9.47 Å². The average Bonchev–Trinajstić information content (AvgIpc) is 3.51. The van der Waals surface area contributed by atoms with Crippen molar-refractivity contribution in [2.75, 3.05) is 20.8 Å². The van der Waals surface area contributed by atoms with Gasteiger partial charge in [0.05, 0.1) is 42.5 Å². The third-order valence-electron chi connectivity index (χ3n) is 7.41. The molecule has 0 aliphatic carbocycles. The van der Waals surface area contributed by atoms with Crippen LogP contribution in [-0.4, -0.2) is 55.9 Å². The minimum atomic E-state index is -3.99. The summed E-state index contributed by atoms with van der Waals surface area (Å²) in [6.45, 7) is 3.87. The van der Waals surface area contributed by atoms with Crippen LogP contribution in [0.1, 0.15) is 29.2 Å². The quantitative estimate of drug-likeness (QED) is 0.275. The van der Waals surface area contributed by atoms with Gasteiger partial charge in [-0.2, -0.15) is 0 Å². The number of methoxy groups -OCH3 is 2. The zero-order valence-electron chi connectivity index (χ0n) is 23.1. The molecule has 3 aromatic carbocycles. The number of aliphatic imine (C=N–C) groups is 1. The number of nitrogens with zero attached hydrogens (tertiary/aromatic N) is 2. The minimum Gasteiger partial charge on any atom is -0.497 e. The number of carbonyl (C=O) groups is 1. The van der Waals surface area contributed by atoms with E-state index in [0.29, 0.717) is 45.7 Å². The van der Waals surface area contributed by atoms with E-state index in [1.54, 1.807) is 69.8 Å². The van der Waals surface area contributed by atoms with Crippen molar-refractivity contribution in [3.8, 4) is 11.5 Å². The molecule has 0 spiro atoms. The Morgan fingerprint density at radius 2 is 1.85 bits per heavy atom. The number of rotatable bonds is 7. The van der Waals surface area contributed by atoms with Gasteiger partial charge in [0.2, 0.25) is 0 Å². The van der Waals surface area contributed by atoms with Crippen LogP contribution in [0.15, 0.2) is 76.9 Å². The first kappa shape index (κ1) is 26.6. The van der Waals surface area contributed by atoms with E-state index in [4.69, 9.17) is 19.2 Å². The van der Waals surface area contributed by atoms with E-state index < -0.39 is 22.0 Å². The largest absolute Gasteiger partial charge is 0.497 e. The van der Waals surface area contributed by atoms with E-state index in [1.807, 2.05) is 25.3 Å². The van der Waals surface area contributed by atoms with Gasteiger partial charge >= 0.3 is 5.97 Å². The Kier molecular flexibility index (Phi) is 6.57. The van der Waals surface area contributed by atoms with Crippen LogP contribution in [0.2, 0.25) is 0 Å². The van der Waals surface area contributed by atoms with Crippen LogP contribution in [0.5, 0.6) is 11.5 Å². The molecule has 1 atom stereocenters. The number of hydrogen-bond donors (Lipinski definition) is 1. The third kappa shape index (κ3) is 4.35. The molecule has 210 valence electrons. The first-order valence-electron chi connectivity index (χ1n) is 13.2. The molecule has 0 saturated heterocycles. The van der Waals surface area contributed by atoms with E-state index in [9.17, 15) is 13.2 Å². The van der Waals surface area contributed by atoms with Gasteiger partial charge in [0, 0.05) is 40.7 Å². The molecular weight excluding hydrogens is 542 g/mol. The van der Waals surface area contributed by atoms with Crippen molar-refractivity contribution in [1.82, 2.24) is 8.96 Å². The van der Waals surface area contributed by atoms with E-state index in [1.165, 1.54) is 3.97 Å². The summed E-state index contributed by atoms with van der Waals surface area (Å²) in [5.74, 6) is 0.638. The molecule has 0 saturated carbocycles. The minimum absolute atomic E-state index is 0.155. The summed E-state index contributed by atoms with van der Waals surface area (Å²) in [5.41, 5.74) is 4.75. The molecule has 1 aliphatic heterocycles. The number of fused-ring (bicyclic) bond motifs is 1. The zero-order chi connectivity index (χ0) is 28.9. The van der Waals surface area contributed by atoms with Crippen LogP contribution >= 0.6 is 0 Å². The van der Waals surface area contributed by atoms with Gasteiger partial charge in [-0.05, 0) is 61.9 Å². The predicted molar refractivity (Wildman–Crippen MR) is 157 cm³/mol. The van der Waals surface area contributed by atoms with Gasteiger partial charge in [-0.3, -0.25) is 4.99 Å². The highest BCUT2D eigenvalue weighted by atomic mass is 32.2. The topological polar surface area (TPSA) is 112 Å². The SMILES string of the molecule is CCOC(=O)C1Cc2c[nH]c3ccc(OC)c(c23)C(c2cn(S(=O)(=O)c3ccc(C)cc3)c3ccc(OC)cc23)=N1. The lowest BCUT2D eigenvalue weighted by atomic mass is 9.96.